The molecule has 2 rings (SSSR count). The summed E-state index contributed by atoms with van der Waals surface area (Å²) in [6, 6.07) is 0.432. The first-order chi connectivity index (χ1) is 8.63. The number of nitrogens with zero attached hydrogens (tertiary/aromatic N) is 2. The van der Waals surface area contributed by atoms with Gasteiger partial charge < -0.3 is 15.0 Å². The monoisotopic (exact) mass is 251 g/mol. The van der Waals surface area contributed by atoms with Gasteiger partial charge in [-0.2, -0.15) is 0 Å². The molecule has 0 aliphatic heterocycles. The summed E-state index contributed by atoms with van der Waals surface area (Å²) in [6.07, 6.45) is 6.19. The van der Waals surface area contributed by atoms with Gasteiger partial charge in [0.05, 0.1) is 0 Å². The van der Waals surface area contributed by atoms with Gasteiger partial charge in [0.1, 0.15) is 0 Å². The molecular weight excluding hydrogens is 230 g/mol. The number of aromatic nitrogens is 2. The summed E-state index contributed by atoms with van der Waals surface area (Å²) < 4.78 is 1.76. The van der Waals surface area contributed by atoms with Crippen LogP contribution in [0, 0.1) is 5.92 Å². The number of anilines is 1. The molecule has 100 valence electrons. The van der Waals surface area contributed by atoms with Gasteiger partial charge in [-0.1, -0.05) is 13.8 Å². The summed E-state index contributed by atoms with van der Waals surface area (Å²) in [6.45, 7) is 4.24. The Morgan fingerprint density at radius 2 is 2.28 bits per heavy atom. The Hall–Kier alpha value is -1.36. The van der Waals surface area contributed by atoms with Crippen LogP contribution in [0.3, 0.4) is 0 Å². The molecule has 1 aromatic heterocycles. The number of aliphatic hydroxyl groups excluding tert-OH is 1. The molecule has 1 fully saturated rings. The molecule has 1 saturated carbocycles. The molecule has 0 radical (unpaired) electrons. The lowest BCUT2D eigenvalue weighted by Gasteiger charge is -2.21. The molecule has 18 heavy (non-hydrogen) atoms. The molecule has 0 bridgehead atoms. The van der Waals surface area contributed by atoms with Crippen LogP contribution in [0.5, 0.6) is 0 Å². The van der Waals surface area contributed by atoms with Crippen molar-refractivity contribution in [2.45, 2.75) is 45.2 Å². The Labute approximate surface area is 107 Å². The van der Waals surface area contributed by atoms with Gasteiger partial charge in [-0.3, -0.25) is 4.79 Å². The highest BCUT2D eigenvalue weighted by molar-refractivity contribution is 5.32. The minimum absolute atomic E-state index is 0.0522. The van der Waals surface area contributed by atoms with E-state index in [9.17, 15) is 4.79 Å². The van der Waals surface area contributed by atoms with Gasteiger partial charge in [0.25, 0.3) is 5.56 Å². The fraction of sp³-hybridized carbons (Fsp3) is 0.692. The molecule has 5 nitrogen and oxygen atoms in total. The minimum atomic E-state index is -0.0522. The molecule has 0 amide bonds. The van der Waals surface area contributed by atoms with E-state index in [4.69, 9.17) is 5.11 Å². The standard InChI is InChI=1S/C13H21N3O2/c1-9(2)11(5-8-17)15-12-13(18)16(7-6-14-12)10-3-4-10/h6-7,9-11,17H,3-5,8H2,1-2H3,(H,14,15). The molecule has 1 aliphatic carbocycles. The number of aliphatic hydroxyl groups is 1. The van der Waals surface area contributed by atoms with Crippen LogP contribution in [0.25, 0.3) is 0 Å². The highest BCUT2D eigenvalue weighted by atomic mass is 16.3. The third-order valence-electron chi connectivity index (χ3n) is 3.38. The predicted molar refractivity (Wildman–Crippen MR) is 70.7 cm³/mol. The van der Waals surface area contributed by atoms with Crippen molar-refractivity contribution in [3.63, 3.8) is 0 Å². The van der Waals surface area contributed by atoms with Crippen molar-refractivity contribution in [3.05, 3.63) is 22.7 Å². The van der Waals surface area contributed by atoms with E-state index in [1.807, 2.05) is 0 Å². The van der Waals surface area contributed by atoms with Crippen molar-refractivity contribution in [3.8, 4) is 0 Å². The van der Waals surface area contributed by atoms with Gasteiger partial charge in [0, 0.05) is 31.1 Å². The molecule has 1 atom stereocenters. The summed E-state index contributed by atoms with van der Waals surface area (Å²) in [7, 11) is 0. The van der Waals surface area contributed by atoms with E-state index in [0.29, 0.717) is 24.2 Å². The Balaban J connectivity index is 2.17. The Morgan fingerprint density at radius 1 is 1.56 bits per heavy atom. The molecule has 1 aliphatic rings. The van der Waals surface area contributed by atoms with Gasteiger partial charge in [0.2, 0.25) is 0 Å². The second-order valence-corrected chi connectivity index (χ2v) is 5.23. The Bertz CT molecular complexity index is 452. The Morgan fingerprint density at radius 3 is 2.83 bits per heavy atom. The van der Waals surface area contributed by atoms with Crippen molar-refractivity contribution in [2.24, 2.45) is 5.92 Å². The third-order valence-corrected chi connectivity index (χ3v) is 3.38. The zero-order chi connectivity index (χ0) is 13.1. The minimum Gasteiger partial charge on any atom is -0.396 e. The first-order valence-electron chi connectivity index (χ1n) is 6.58. The maximum absolute atomic E-state index is 12.2. The number of rotatable bonds is 6. The van der Waals surface area contributed by atoms with Crippen molar-refractivity contribution >= 4 is 5.82 Å². The largest absolute Gasteiger partial charge is 0.396 e. The maximum Gasteiger partial charge on any atom is 0.293 e. The van der Waals surface area contributed by atoms with Crippen molar-refractivity contribution in [2.75, 3.05) is 11.9 Å². The molecule has 2 N–H and O–H groups in total. The maximum atomic E-state index is 12.2. The van der Waals surface area contributed by atoms with E-state index in [1.165, 1.54) is 0 Å². The van der Waals surface area contributed by atoms with Crippen LogP contribution in [0.15, 0.2) is 17.2 Å². The van der Waals surface area contributed by atoms with E-state index < -0.39 is 0 Å². The molecule has 5 heteroatoms. The topological polar surface area (TPSA) is 67.2 Å². The first-order valence-corrected chi connectivity index (χ1v) is 6.58. The van der Waals surface area contributed by atoms with Gasteiger partial charge >= 0.3 is 0 Å². The lowest BCUT2D eigenvalue weighted by atomic mass is 10.0. The summed E-state index contributed by atoms with van der Waals surface area (Å²) in [5.41, 5.74) is -0.0522. The molecule has 0 spiro atoms. The lowest BCUT2D eigenvalue weighted by molar-refractivity contribution is 0.267. The molecule has 0 aromatic carbocycles. The van der Waals surface area contributed by atoms with Crippen LogP contribution >= 0.6 is 0 Å². The highest BCUT2D eigenvalue weighted by Gasteiger charge is 2.25. The first kappa shape index (κ1) is 13.1. The number of nitrogens with one attached hydrogen (secondary N) is 1. The average molecular weight is 251 g/mol. The molecule has 1 aromatic rings. The summed E-state index contributed by atoms with van der Waals surface area (Å²) >= 11 is 0. The van der Waals surface area contributed by atoms with Gasteiger partial charge in [-0.05, 0) is 25.2 Å². The van der Waals surface area contributed by atoms with E-state index >= 15 is 0 Å². The predicted octanol–water partition coefficient (Wildman–Crippen LogP) is 1.40. The zero-order valence-electron chi connectivity index (χ0n) is 11.0. The van der Waals surface area contributed by atoms with Gasteiger partial charge in [0.15, 0.2) is 5.82 Å². The second-order valence-electron chi connectivity index (χ2n) is 5.23. The van der Waals surface area contributed by atoms with E-state index in [-0.39, 0.29) is 18.2 Å². The van der Waals surface area contributed by atoms with Crippen molar-refractivity contribution in [1.82, 2.24) is 9.55 Å². The van der Waals surface area contributed by atoms with E-state index in [1.54, 1.807) is 17.0 Å². The molecule has 1 heterocycles. The van der Waals surface area contributed by atoms with Gasteiger partial charge in [-0.15, -0.1) is 0 Å². The van der Waals surface area contributed by atoms with Crippen molar-refractivity contribution < 1.29 is 5.11 Å². The fourth-order valence-corrected chi connectivity index (χ4v) is 2.05. The van der Waals surface area contributed by atoms with Crippen LogP contribution in [-0.4, -0.2) is 27.3 Å². The van der Waals surface area contributed by atoms with Crippen LogP contribution < -0.4 is 10.9 Å². The molecule has 0 saturated heterocycles. The van der Waals surface area contributed by atoms with Crippen LogP contribution in [0.2, 0.25) is 0 Å². The normalized spacial score (nSPS) is 16.9. The lowest BCUT2D eigenvalue weighted by Crippen LogP contribution is -2.32. The second kappa shape index (κ2) is 5.52. The van der Waals surface area contributed by atoms with E-state index in [2.05, 4.69) is 24.1 Å². The summed E-state index contributed by atoms with van der Waals surface area (Å²) in [5.74, 6) is 0.740. The number of hydrogen-bond acceptors (Lipinski definition) is 4. The zero-order valence-corrected chi connectivity index (χ0v) is 11.0. The molecule has 1 unspecified atom stereocenters. The molecular formula is C13H21N3O2. The third kappa shape index (κ3) is 2.90. The quantitative estimate of drug-likeness (QED) is 0.802. The highest BCUT2D eigenvalue weighted by Crippen LogP contribution is 2.33. The SMILES string of the molecule is CC(C)C(CCO)Nc1nccn(C2CC2)c1=O. The van der Waals surface area contributed by atoms with Crippen LogP contribution in [-0.2, 0) is 0 Å². The average Bonchev–Trinajstić information content (AvgIpc) is 3.15. The smallest absolute Gasteiger partial charge is 0.293 e. The fourth-order valence-electron chi connectivity index (χ4n) is 2.05. The summed E-state index contributed by atoms with van der Waals surface area (Å²) in [5, 5.41) is 12.2. The van der Waals surface area contributed by atoms with E-state index in [0.717, 1.165) is 12.8 Å². The van der Waals surface area contributed by atoms with Crippen LogP contribution in [0.4, 0.5) is 5.82 Å². The van der Waals surface area contributed by atoms with Gasteiger partial charge in [-0.25, -0.2) is 4.98 Å². The Kier molecular flexibility index (Phi) is 4.01. The van der Waals surface area contributed by atoms with Crippen LogP contribution in [0.1, 0.15) is 39.2 Å². The van der Waals surface area contributed by atoms with Crippen molar-refractivity contribution in [1.29, 1.82) is 0 Å². The number of hydrogen-bond donors (Lipinski definition) is 2. The summed E-state index contributed by atoms with van der Waals surface area (Å²) in [4.78, 5) is 16.3.